The van der Waals surface area contributed by atoms with Crippen LogP contribution < -0.4 is 15.2 Å². The molecular weight excluding hydrogens is 258 g/mol. The Labute approximate surface area is 119 Å². The van der Waals surface area contributed by atoms with E-state index in [4.69, 9.17) is 15.2 Å². The highest BCUT2D eigenvalue weighted by Crippen LogP contribution is 2.38. The van der Waals surface area contributed by atoms with Crippen LogP contribution in [0.5, 0.6) is 11.5 Å². The first-order valence-corrected chi connectivity index (χ1v) is 8.03. The summed E-state index contributed by atoms with van der Waals surface area (Å²) >= 11 is 1.95. The standard InChI is InChI=1S/C15H23NO2S/c1-11(6-8-16)13-4-3-5-14(17-2)15(13)18-12-7-9-19-10-12/h3-5,11-12H,6-10,16H2,1-2H3. The summed E-state index contributed by atoms with van der Waals surface area (Å²) in [5, 5.41) is 0. The van der Waals surface area contributed by atoms with Gasteiger partial charge < -0.3 is 15.2 Å². The Bertz CT molecular complexity index is 405. The highest BCUT2D eigenvalue weighted by Gasteiger charge is 2.22. The Balaban J connectivity index is 2.25. The number of benzene rings is 1. The summed E-state index contributed by atoms with van der Waals surface area (Å²) in [7, 11) is 1.70. The fourth-order valence-corrected chi connectivity index (χ4v) is 3.48. The summed E-state index contributed by atoms with van der Waals surface area (Å²) in [6.07, 6.45) is 2.39. The molecule has 4 heteroatoms. The number of hydrogen-bond donors (Lipinski definition) is 1. The number of nitrogens with two attached hydrogens (primary N) is 1. The van der Waals surface area contributed by atoms with Crippen molar-refractivity contribution in [2.75, 3.05) is 25.2 Å². The van der Waals surface area contributed by atoms with Crippen molar-refractivity contribution in [1.82, 2.24) is 0 Å². The summed E-state index contributed by atoms with van der Waals surface area (Å²) in [6.45, 7) is 2.88. The Morgan fingerprint density at radius 3 is 2.95 bits per heavy atom. The molecule has 1 aliphatic rings. The van der Waals surface area contributed by atoms with E-state index in [1.165, 1.54) is 11.3 Å². The average Bonchev–Trinajstić information content (AvgIpc) is 2.92. The summed E-state index contributed by atoms with van der Waals surface area (Å²) < 4.78 is 11.7. The van der Waals surface area contributed by atoms with E-state index < -0.39 is 0 Å². The van der Waals surface area contributed by atoms with Crippen LogP contribution in [0.1, 0.15) is 31.2 Å². The van der Waals surface area contributed by atoms with E-state index in [1.54, 1.807) is 7.11 Å². The van der Waals surface area contributed by atoms with E-state index in [2.05, 4.69) is 13.0 Å². The molecule has 0 amide bonds. The van der Waals surface area contributed by atoms with Gasteiger partial charge in [-0.05, 0) is 37.1 Å². The van der Waals surface area contributed by atoms with Crippen LogP contribution in [0.25, 0.3) is 0 Å². The molecule has 1 heterocycles. The lowest BCUT2D eigenvalue weighted by Crippen LogP contribution is -2.17. The molecule has 1 saturated heterocycles. The van der Waals surface area contributed by atoms with Crippen LogP contribution in [0.3, 0.4) is 0 Å². The van der Waals surface area contributed by atoms with Gasteiger partial charge in [0, 0.05) is 11.3 Å². The highest BCUT2D eigenvalue weighted by molar-refractivity contribution is 7.99. The average molecular weight is 281 g/mol. The van der Waals surface area contributed by atoms with Gasteiger partial charge in [-0.3, -0.25) is 0 Å². The van der Waals surface area contributed by atoms with Crippen molar-refractivity contribution in [3.8, 4) is 11.5 Å². The summed E-state index contributed by atoms with van der Waals surface area (Å²) in [4.78, 5) is 0. The zero-order valence-corrected chi connectivity index (χ0v) is 12.5. The molecule has 1 aliphatic heterocycles. The SMILES string of the molecule is COc1cccc(C(C)CCN)c1OC1CCSC1. The van der Waals surface area contributed by atoms with Crippen molar-refractivity contribution < 1.29 is 9.47 Å². The Morgan fingerprint density at radius 2 is 2.32 bits per heavy atom. The van der Waals surface area contributed by atoms with Crippen LogP contribution >= 0.6 is 11.8 Å². The quantitative estimate of drug-likeness (QED) is 0.870. The van der Waals surface area contributed by atoms with Gasteiger partial charge in [-0.2, -0.15) is 11.8 Å². The summed E-state index contributed by atoms with van der Waals surface area (Å²) in [5.41, 5.74) is 6.89. The van der Waals surface area contributed by atoms with Crippen molar-refractivity contribution in [1.29, 1.82) is 0 Å². The molecule has 1 fully saturated rings. The minimum Gasteiger partial charge on any atom is -0.493 e. The zero-order chi connectivity index (χ0) is 13.7. The Morgan fingerprint density at radius 1 is 1.47 bits per heavy atom. The molecule has 19 heavy (non-hydrogen) atoms. The molecule has 0 bridgehead atoms. The number of ether oxygens (including phenoxy) is 2. The summed E-state index contributed by atoms with van der Waals surface area (Å²) in [6, 6.07) is 6.12. The molecule has 1 aromatic rings. The molecule has 106 valence electrons. The molecular formula is C15H23NO2S. The number of para-hydroxylation sites is 1. The van der Waals surface area contributed by atoms with Gasteiger partial charge in [-0.1, -0.05) is 19.1 Å². The van der Waals surface area contributed by atoms with Crippen molar-refractivity contribution >= 4 is 11.8 Å². The molecule has 3 nitrogen and oxygen atoms in total. The lowest BCUT2D eigenvalue weighted by molar-refractivity contribution is 0.215. The number of thioether (sulfide) groups is 1. The lowest BCUT2D eigenvalue weighted by atomic mass is 9.96. The minimum absolute atomic E-state index is 0.310. The maximum Gasteiger partial charge on any atom is 0.165 e. The summed E-state index contributed by atoms with van der Waals surface area (Å²) in [5.74, 6) is 4.40. The zero-order valence-electron chi connectivity index (χ0n) is 11.7. The third-order valence-corrected chi connectivity index (χ3v) is 4.66. The second-order valence-electron chi connectivity index (χ2n) is 4.96. The van der Waals surface area contributed by atoms with Gasteiger partial charge in [-0.25, -0.2) is 0 Å². The molecule has 2 unspecified atom stereocenters. The van der Waals surface area contributed by atoms with Crippen LogP contribution in [0, 0.1) is 0 Å². The van der Waals surface area contributed by atoms with Crippen molar-refractivity contribution in [2.45, 2.75) is 31.8 Å². The van der Waals surface area contributed by atoms with Gasteiger partial charge in [0.2, 0.25) is 0 Å². The number of methoxy groups -OCH3 is 1. The van der Waals surface area contributed by atoms with Crippen molar-refractivity contribution in [3.63, 3.8) is 0 Å². The first-order chi connectivity index (χ1) is 9.26. The molecule has 0 aliphatic carbocycles. The number of hydrogen-bond acceptors (Lipinski definition) is 4. The van der Waals surface area contributed by atoms with Crippen molar-refractivity contribution in [3.05, 3.63) is 23.8 Å². The lowest BCUT2D eigenvalue weighted by Gasteiger charge is -2.21. The van der Waals surface area contributed by atoms with E-state index in [0.717, 1.165) is 30.1 Å². The van der Waals surface area contributed by atoms with E-state index in [-0.39, 0.29) is 0 Å². The van der Waals surface area contributed by atoms with Crippen molar-refractivity contribution in [2.24, 2.45) is 5.73 Å². The molecule has 0 spiro atoms. The van der Waals surface area contributed by atoms with E-state index in [9.17, 15) is 0 Å². The van der Waals surface area contributed by atoms with Crippen LogP contribution in [-0.4, -0.2) is 31.3 Å². The van der Waals surface area contributed by atoms with Gasteiger partial charge >= 0.3 is 0 Å². The van der Waals surface area contributed by atoms with Gasteiger partial charge in [0.15, 0.2) is 11.5 Å². The smallest absolute Gasteiger partial charge is 0.165 e. The first kappa shape index (κ1) is 14.5. The number of rotatable bonds is 6. The maximum absolute atomic E-state index is 6.21. The predicted octanol–water partition coefficient (Wildman–Crippen LogP) is 3.03. The Hall–Kier alpha value is -0.870. The third kappa shape index (κ3) is 3.57. The largest absolute Gasteiger partial charge is 0.493 e. The highest BCUT2D eigenvalue weighted by atomic mass is 32.2. The molecule has 0 radical (unpaired) electrons. The van der Waals surface area contributed by atoms with Gasteiger partial charge in [-0.15, -0.1) is 0 Å². The first-order valence-electron chi connectivity index (χ1n) is 6.87. The van der Waals surface area contributed by atoms with E-state index in [0.29, 0.717) is 18.6 Å². The molecule has 2 rings (SSSR count). The van der Waals surface area contributed by atoms with Crippen LogP contribution in [-0.2, 0) is 0 Å². The molecule has 0 aromatic heterocycles. The molecule has 2 N–H and O–H groups in total. The van der Waals surface area contributed by atoms with Gasteiger partial charge in [0.25, 0.3) is 0 Å². The predicted molar refractivity (Wildman–Crippen MR) is 81.4 cm³/mol. The Kier molecular flexibility index (Phi) is 5.40. The fourth-order valence-electron chi connectivity index (χ4n) is 2.39. The van der Waals surface area contributed by atoms with Crippen LogP contribution in [0.2, 0.25) is 0 Å². The molecule has 0 saturated carbocycles. The van der Waals surface area contributed by atoms with Crippen LogP contribution in [0.15, 0.2) is 18.2 Å². The monoisotopic (exact) mass is 281 g/mol. The second-order valence-corrected chi connectivity index (χ2v) is 6.11. The minimum atomic E-state index is 0.310. The van der Waals surface area contributed by atoms with Crippen LogP contribution in [0.4, 0.5) is 0 Å². The molecule has 2 atom stereocenters. The third-order valence-electron chi connectivity index (χ3n) is 3.53. The normalized spacial score (nSPS) is 20.3. The topological polar surface area (TPSA) is 44.5 Å². The van der Waals surface area contributed by atoms with Gasteiger partial charge in [0.05, 0.1) is 7.11 Å². The molecule has 1 aromatic carbocycles. The van der Waals surface area contributed by atoms with E-state index in [1.807, 2.05) is 23.9 Å². The van der Waals surface area contributed by atoms with Gasteiger partial charge in [0.1, 0.15) is 6.10 Å². The second kappa shape index (κ2) is 7.06. The maximum atomic E-state index is 6.21. The van der Waals surface area contributed by atoms with E-state index >= 15 is 0 Å². The fraction of sp³-hybridized carbons (Fsp3) is 0.600.